The second kappa shape index (κ2) is 4.91. The number of hydrogen-bond acceptors (Lipinski definition) is 4. The third-order valence-corrected chi connectivity index (χ3v) is 2.08. The van der Waals surface area contributed by atoms with Gasteiger partial charge in [0, 0.05) is 11.6 Å². The van der Waals surface area contributed by atoms with E-state index in [0.717, 1.165) is 18.2 Å². The largest absolute Gasteiger partial charge is 0.434 e. The van der Waals surface area contributed by atoms with Crippen LogP contribution in [0.2, 0.25) is 0 Å². The Morgan fingerprint density at radius 1 is 1.33 bits per heavy atom. The SMILES string of the molecule is O=Cc1cc(-c2cc(F)ccc2OC(F)F)no1. The minimum atomic E-state index is -3.05. The monoisotopic (exact) mass is 257 g/mol. The Kier molecular flexibility index (Phi) is 3.31. The van der Waals surface area contributed by atoms with E-state index in [1.165, 1.54) is 6.07 Å². The highest BCUT2D eigenvalue weighted by molar-refractivity contribution is 5.75. The maximum absolute atomic E-state index is 13.1. The van der Waals surface area contributed by atoms with E-state index in [2.05, 4.69) is 14.4 Å². The third-order valence-electron chi connectivity index (χ3n) is 2.08. The fraction of sp³-hybridized carbons (Fsp3) is 0.0909. The standard InChI is InChI=1S/C11H6F3NO3/c12-6-1-2-10(17-11(13)14)8(3-6)9-4-7(5-16)18-15-9/h1-5,11H. The molecular weight excluding hydrogens is 251 g/mol. The summed E-state index contributed by atoms with van der Waals surface area (Å²) in [6.45, 7) is -3.05. The highest BCUT2D eigenvalue weighted by Gasteiger charge is 2.15. The maximum Gasteiger partial charge on any atom is 0.387 e. The second-order valence-corrected chi connectivity index (χ2v) is 3.25. The molecule has 0 N–H and O–H groups in total. The van der Waals surface area contributed by atoms with Crippen LogP contribution in [0, 0.1) is 5.82 Å². The van der Waals surface area contributed by atoms with E-state index in [0.29, 0.717) is 6.29 Å². The van der Waals surface area contributed by atoms with E-state index < -0.39 is 12.4 Å². The summed E-state index contributed by atoms with van der Waals surface area (Å²) in [5.74, 6) is -1.00. The first-order chi connectivity index (χ1) is 8.60. The number of aldehydes is 1. The van der Waals surface area contributed by atoms with Gasteiger partial charge in [0.05, 0.1) is 0 Å². The lowest BCUT2D eigenvalue weighted by atomic mass is 10.1. The van der Waals surface area contributed by atoms with Crippen LogP contribution in [0.1, 0.15) is 10.6 Å². The van der Waals surface area contributed by atoms with Crippen LogP contribution in [0.5, 0.6) is 5.75 Å². The Balaban J connectivity index is 2.46. The van der Waals surface area contributed by atoms with Gasteiger partial charge in [-0.1, -0.05) is 5.16 Å². The second-order valence-electron chi connectivity index (χ2n) is 3.25. The van der Waals surface area contributed by atoms with E-state index in [1.807, 2.05) is 0 Å². The molecule has 0 aliphatic rings. The van der Waals surface area contributed by atoms with Gasteiger partial charge < -0.3 is 9.26 Å². The Labute approximate surface area is 99.0 Å². The number of benzene rings is 1. The van der Waals surface area contributed by atoms with Crippen molar-refractivity contribution in [1.82, 2.24) is 5.16 Å². The first kappa shape index (κ1) is 12.2. The number of aromatic nitrogens is 1. The summed E-state index contributed by atoms with van der Waals surface area (Å²) in [6, 6.07) is 4.18. The third kappa shape index (κ3) is 2.50. The van der Waals surface area contributed by atoms with Gasteiger partial charge in [-0.05, 0) is 18.2 Å². The molecule has 94 valence electrons. The Morgan fingerprint density at radius 2 is 2.11 bits per heavy atom. The summed E-state index contributed by atoms with van der Waals surface area (Å²) >= 11 is 0. The number of alkyl halides is 2. The van der Waals surface area contributed by atoms with Crippen LogP contribution in [0.25, 0.3) is 11.3 Å². The molecule has 2 aromatic rings. The zero-order valence-electron chi connectivity index (χ0n) is 8.77. The molecule has 0 radical (unpaired) electrons. The quantitative estimate of drug-likeness (QED) is 0.790. The van der Waals surface area contributed by atoms with Crippen molar-refractivity contribution in [3.05, 3.63) is 35.8 Å². The van der Waals surface area contributed by atoms with Gasteiger partial charge in [-0.25, -0.2) is 4.39 Å². The van der Waals surface area contributed by atoms with Crippen molar-refractivity contribution in [2.24, 2.45) is 0 Å². The van der Waals surface area contributed by atoms with Crippen molar-refractivity contribution in [1.29, 1.82) is 0 Å². The first-order valence-corrected chi connectivity index (χ1v) is 4.77. The van der Waals surface area contributed by atoms with Gasteiger partial charge in [-0.15, -0.1) is 0 Å². The molecule has 0 fully saturated rings. The van der Waals surface area contributed by atoms with Crippen LogP contribution >= 0.6 is 0 Å². The summed E-state index contributed by atoms with van der Waals surface area (Å²) in [6.07, 6.45) is 0.392. The van der Waals surface area contributed by atoms with E-state index in [9.17, 15) is 18.0 Å². The summed E-state index contributed by atoms with van der Waals surface area (Å²) in [5.41, 5.74) is 0.0133. The summed E-state index contributed by atoms with van der Waals surface area (Å²) in [5, 5.41) is 3.47. The van der Waals surface area contributed by atoms with Crippen LogP contribution in [0.3, 0.4) is 0 Å². The number of rotatable bonds is 4. The highest BCUT2D eigenvalue weighted by atomic mass is 19.3. The van der Waals surface area contributed by atoms with Gasteiger partial charge in [0.25, 0.3) is 0 Å². The van der Waals surface area contributed by atoms with Gasteiger partial charge in [-0.3, -0.25) is 4.79 Å². The molecule has 1 aromatic carbocycles. The lowest BCUT2D eigenvalue weighted by Gasteiger charge is -2.08. The van der Waals surface area contributed by atoms with Crippen molar-refractivity contribution >= 4 is 6.29 Å². The van der Waals surface area contributed by atoms with Gasteiger partial charge in [-0.2, -0.15) is 8.78 Å². The molecule has 1 heterocycles. The summed E-state index contributed by atoms with van der Waals surface area (Å²) in [7, 11) is 0. The molecule has 18 heavy (non-hydrogen) atoms. The smallest absolute Gasteiger partial charge is 0.387 e. The van der Waals surface area contributed by atoms with Crippen molar-refractivity contribution in [3.8, 4) is 17.0 Å². The van der Waals surface area contributed by atoms with Crippen LogP contribution in [0.4, 0.5) is 13.2 Å². The molecule has 0 unspecified atom stereocenters. The minimum Gasteiger partial charge on any atom is -0.434 e. The van der Waals surface area contributed by atoms with Crippen LogP contribution in [-0.4, -0.2) is 18.1 Å². The maximum atomic E-state index is 13.1. The Bertz CT molecular complexity index is 568. The molecule has 0 saturated carbocycles. The van der Waals surface area contributed by atoms with E-state index in [1.54, 1.807) is 0 Å². The number of ether oxygens (including phenoxy) is 1. The minimum absolute atomic E-state index is 0.0212. The summed E-state index contributed by atoms with van der Waals surface area (Å²) < 4.78 is 46.2. The van der Waals surface area contributed by atoms with Crippen molar-refractivity contribution < 1.29 is 27.2 Å². The molecular formula is C11H6F3NO3. The van der Waals surface area contributed by atoms with Crippen molar-refractivity contribution in [2.75, 3.05) is 0 Å². The predicted octanol–water partition coefficient (Wildman–Crippen LogP) is 2.89. The van der Waals surface area contributed by atoms with Crippen LogP contribution in [0.15, 0.2) is 28.8 Å². The topological polar surface area (TPSA) is 52.3 Å². The molecule has 0 aliphatic carbocycles. The molecule has 0 saturated heterocycles. The van der Waals surface area contributed by atoms with Crippen LogP contribution in [-0.2, 0) is 0 Å². The van der Waals surface area contributed by atoms with Gasteiger partial charge in [0.1, 0.15) is 17.3 Å². The van der Waals surface area contributed by atoms with Gasteiger partial charge in [0.15, 0.2) is 12.0 Å². The Hall–Kier alpha value is -2.31. The lowest BCUT2D eigenvalue weighted by Crippen LogP contribution is -2.03. The molecule has 0 bridgehead atoms. The molecule has 4 nitrogen and oxygen atoms in total. The van der Waals surface area contributed by atoms with E-state index >= 15 is 0 Å². The average molecular weight is 257 g/mol. The number of carbonyl (C=O) groups is 1. The van der Waals surface area contributed by atoms with E-state index in [4.69, 9.17) is 0 Å². The molecule has 2 rings (SSSR count). The number of nitrogens with zero attached hydrogens (tertiary/aromatic N) is 1. The predicted molar refractivity (Wildman–Crippen MR) is 53.9 cm³/mol. The fourth-order valence-corrected chi connectivity index (χ4v) is 1.37. The number of carbonyl (C=O) groups excluding carboxylic acids is 1. The van der Waals surface area contributed by atoms with Crippen molar-refractivity contribution in [3.63, 3.8) is 0 Å². The zero-order valence-corrected chi connectivity index (χ0v) is 8.77. The Morgan fingerprint density at radius 3 is 2.72 bits per heavy atom. The van der Waals surface area contributed by atoms with E-state index in [-0.39, 0.29) is 22.8 Å². The average Bonchev–Trinajstić information content (AvgIpc) is 2.79. The molecule has 0 amide bonds. The molecule has 0 spiro atoms. The van der Waals surface area contributed by atoms with Gasteiger partial charge >= 0.3 is 6.61 Å². The molecule has 0 aliphatic heterocycles. The fourth-order valence-electron chi connectivity index (χ4n) is 1.37. The molecule has 1 aromatic heterocycles. The number of halogens is 3. The van der Waals surface area contributed by atoms with Gasteiger partial charge in [0.2, 0.25) is 0 Å². The summed E-state index contributed by atoms with van der Waals surface area (Å²) in [4.78, 5) is 10.4. The number of hydrogen-bond donors (Lipinski definition) is 0. The molecule has 7 heteroatoms. The van der Waals surface area contributed by atoms with Crippen LogP contribution < -0.4 is 4.74 Å². The molecule has 0 atom stereocenters. The normalized spacial score (nSPS) is 10.7. The first-order valence-electron chi connectivity index (χ1n) is 4.77. The zero-order chi connectivity index (χ0) is 13.1. The van der Waals surface area contributed by atoms with Crippen molar-refractivity contribution in [2.45, 2.75) is 6.61 Å². The highest BCUT2D eigenvalue weighted by Crippen LogP contribution is 2.31. The lowest BCUT2D eigenvalue weighted by molar-refractivity contribution is -0.0495.